The average molecular weight is 175 g/mol. The molecule has 2 heterocycles. The van der Waals surface area contributed by atoms with Gasteiger partial charge in [0, 0.05) is 0 Å². The minimum absolute atomic E-state index is 0.692. The smallest absolute Gasteiger partial charge is 0.139 e. The van der Waals surface area contributed by atoms with E-state index in [1.807, 2.05) is 13.0 Å². The average Bonchev–Trinajstić information content (AvgIpc) is 2.62. The van der Waals surface area contributed by atoms with Crippen LogP contribution in [0.2, 0.25) is 0 Å². The van der Waals surface area contributed by atoms with Gasteiger partial charge in [-0.2, -0.15) is 0 Å². The fourth-order valence-electron chi connectivity index (χ4n) is 1.01. The van der Waals surface area contributed by atoms with Gasteiger partial charge in [-0.15, -0.1) is 10.2 Å². The van der Waals surface area contributed by atoms with Gasteiger partial charge in [0.1, 0.15) is 18.5 Å². The highest BCUT2D eigenvalue weighted by molar-refractivity contribution is 5.46. The van der Waals surface area contributed by atoms with Crippen LogP contribution < -0.4 is 5.73 Å². The van der Waals surface area contributed by atoms with Gasteiger partial charge in [-0.1, -0.05) is 0 Å². The van der Waals surface area contributed by atoms with Gasteiger partial charge in [0.15, 0.2) is 0 Å². The summed E-state index contributed by atoms with van der Waals surface area (Å²) >= 11 is 0. The lowest BCUT2D eigenvalue weighted by Gasteiger charge is -2.02. The summed E-state index contributed by atoms with van der Waals surface area (Å²) in [5.41, 5.74) is 7.33. The predicted octanol–water partition coefficient (Wildman–Crippen LogP) is 0.553. The second-order valence-corrected chi connectivity index (χ2v) is 2.77. The van der Waals surface area contributed by atoms with E-state index in [1.54, 1.807) is 23.4 Å². The van der Waals surface area contributed by atoms with Crippen molar-refractivity contribution in [2.45, 2.75) is 6.92 Å². The third kappa shape index (κ3) is 1.35. The second kappa shape index (κ2) is 2.85. The van der Waals surface area contributed by atoms with Gasteiger partial charge in [0.05, 0.1) is 11.9 Å². The first-order valence-corrected chi connectivity index (χ1v) is 3.84. The number of rotatable bonds is 1. The molecular formula is C8H9N5. The third-order valence-corrected chi connectivity index (χ3v) is 1.82. The SMILES string of the molecule is Cc1cc(-n2cnnc2)ncc1N. The highest BCUT2D eigenvalue weighted by atomic mass is 15.2. The Hall–Kier alpha value is -1.91. The van der Waals surface area contributed by atoms with Crippen molar-refractivity contribution in [1.29, 1.82) is 0 Å². The number of pyridine rings is 1. The van der Waals surface area contributed by atoms with Gasteiger partial charge in [0.25, 0.3) is 0 Å². The Bertz CT molecular complexity index is 406. The number of nitrogen functional groups attached to an aromatic ring is 1. The van der Waals surface area contributed by atoms with E-state index in [-0.39, 0.29) is 0 Å². The van der Waals surface area contributed by atoms with Crippen LogP contribution in [0.25, 0.3) is 5.82 Å². The molecule has 5 nitrogen and oxygen atoms in total. The molecule has 0 saturated carbocycles. The summed E-state index contributed by atoms with van der Waals surface area (Å²) in [6, 6.07) is 1.89. The van der Waals surface area contributed by atoms with Crippen LogP contribution in [0.1, 0.15) is 5.56 Å². The van der Waals surface area contributed by atoms with Crippen LogP contribution in [0, 0.1) is 6.92 Å². The first kappa shape index (κ1) is 7.72. The summed E-state index contributed by atoms with van der Waals surface area (Å²) in [5, 5.41) is 7.38. The summed E-state index contributed by atoms with van der Waals surface area (Å²) in [5.74, 6) is 0.775. The second-order valence-electron chi connectivity index (χ2n) is 2.77. The van der Waals surface area contributed by atoms with Crippen molar-refractivity contribution in [1.82, 2.24) is 19.7 Å². The molecule has 0 aliphatic heterocycles. The Morgan fingerprint density at radius 1 is 1.31 bits per heavy atom. The molecule has 2 aromatic heterocycles. The molecule has 0 saturated heterocycles. The largest absolute Gasteiger partial charge is 0.397 e. The van der Waals surface area contributed by atoms with Crippen molar-refractivity contribution in [2.75, 3.05) is 5.73 Å². The summed E-state index contributed by atoms with van der Waals surface area (Å²) in [4.78, 5) is 4.14. The molecule has 0 aromatic carbocycles. The molecule has 13 heavy (non-hydrogen) atoms. The van der Waals surface area contributed by atoms with E-state index in [9.17, 15) is 0 Å². The molecule has 5 heteroatoms. The highest BCUT2D eigenvalue weighted by Crippen LogP contribution is 2.11. The monoisotopic (exact) mass is 175 g/mol. The van der Waals surface area contributed by atoms with E-state index in [4.69, 9.17) is 5.73 Å². The van der Waals surface area contributed by atoms with Crippen LogP contribution >= 0.6 is 0 Å². The molecule has 2 rings (SSSR count). The van der Waals surface area contributed by atoms with E-state index in [0.717, 1.165) is 11.4 Å². The van der Waals surface area contributed by atoms with E-state index in [1.165, 1.54) is 0 Å². The topological polar surface area (TPSA) is 69.6 Å². The van der Waals surface area contributed by atoms with Gasteiger partial charge < -0.3 is 5.73 Å². The maximum Gasteiger partial charge on any atom is 0.139 e. The first-order valence-electron chi connectivity index (χ1n) is 3.84. The zero-order valence-corrected chi connectivity index (χ0v) is 7.18. The molecular weight excluding hydrogens is 166 g/mol. The highest BCUT2D eigenvalue weighted by Gasteiger charge is 1.99. The minimum Gasteiger partial charge on any atom is -0.397 e. The van der Waals surface area contributed by atoms with Crippen LogP contribution in [-0.2, 0) is 0 Å². The number of nitrogens with zero attached hydrogens (tertiary/aromatic N) is 4. The van der Waals surface area contributed by atoms with Crippen LogP contribution in [0.15, 0.2) is 24.9 Å². The van der Waals surface area contributed by atoms with Crippen molar-refractivity contribution < 1.29 is 0 Å². The molecule has 66 valence electrons. The van der Waals surface area contributed by atoms with Crippen molar-refractivity contribution >= 4 is 5.69 Å². The van der Waals surface area contributed by atoms with Crippen molar-refractivity contribution in [3.05, 3.63) is 30.5 Å². The fraction of sp³-hybridized carbons (Fsp3) is 0.125. The maximum absolute atomic E-state index is 5.64. The van der Waals surface area contributed by atoms with Crippen LogP contribution in [0.3, 0.4) is 0 Å². The number of hydrogen-bond acceptors (Lipinski definition) is 4. The molecule has 0 fully saturated rings. The normalized spacial score (nSPS) is 10.2. The Labute approximate surface area is 75.2 Å². The quantitative estimate of drug-likeness (QED) is 0.687. The van der Waals surface area contributed by atoms with Crippen LogP contribution in [0.5, 0.6) is 0 Å². The Morgan fingerprint density at radius 3 is 2.62 bits per heavy atom. The van der Waals surface area contributed by atoms with Crippen molar-refractivity contribution in [3.63, 3.8) is 0 Å². The molecule has 0 radical (unpaired) electrons. The van der Waals surface area contributed by atoms with Gasteiger partial charge in [-0.25, -0.2) is 4.98 Å². The molecule has 0 atom stereocenters. The van der Waals surface area contributed by atoms with E-state index >= 15 is 0 Å². The van der Waals surface area contributed by atoms with Crippen LogP contribution in [-0.4, -0.2) is 19.7 Å². The van der Waals surface area contributed by atoms with Crippen LogP contribution in [0.4, 0.5) is 5.69 Å². The van der Waals surface area contributed by atoms with Gasteiger partial charge >= 0.3 is 0 Å². The fourth-order valence-corrected chi connectivity index (χ4v) is 1.01. The van der Waals surface area contributed by atoms with E-state index in [2.05, 4.69) is 15.2 Å². The third-order valence-electron chi connectivity index (χ3n) is 1.82. The lowest BCUT2D eigenvalue weighted by Crippen LogP contribution is -1.98. The lowest BCUT2D eigenvalue weighted by molar-refractivity contribution is 0.987. The number of aromatic nitrogens is 4. The number of nitrogens with two attached hydrogens (primary N) is 1. The lowest BCUT2D eigenvalue weighted by atomic mass is 10.2. The maximum atomic E-state index is 5.64. The summed E-state index contributed by atoms with van der Waals surface area (Å²) in [7, 11) is 0. The first-order chi connectivity index (χ1) is 6.27. The van der Waals surface area contributed by atoms with Gasteiger partial charge in [-0.3, -0.25) is 4.57 Å². The summed E-state index contributed by atoms with van der Waals surface area (Å²) in [6.45, 7) is 1.94. The van der Waals surface area contributed by atoms with Crippen molar-refractivity contribution in [2.24, 2.45) is 0 Å². The summed E-state index contributed by atoms with van der Waals surface area (Å²) < 4.78 is 1.73. The standard InChI is InChI=1S/C8H9N5/c1-6-2-8(10-3-7(6)9)13-4-11-12-5-13/h2-5H,9H2,1H3. The van der Waals surface area contributed by atoms with E-state index < -0.39 is 0 Å². The Kier molecular flexibility index (Phi) is 1.70. The summed E-state index contributed by atoms with van der Waals surface area (Å²) in [6.07, 6.45) is 4.82. The molecule has 0 amide bonds. The number of aryl methyl sites for hydroxylation is 1. The Balaban J connectivity index is 2.49. The zero-order valence-electron chi connectivity index (χ0n) is 7.18. The minimum atomic E-state index is 0.692. The molecule has 0 aliphatic rings. The number of hydrogen-bond donors (Lipinski definition) is 1. The van der Waals surface area contributed by atoms with Gasteiger partial charge in [-0.05, 0) is 18.6 Å². The Morgan fingerprint density at radius 2 is 2.00 bits per heavy atom. The van der Waals surface area contributed by atoms with Gasteiger partial charge in [0.2, 0.25) is 0 Å². The molecule has 0 bridgehead atoms. The molecule has 0 aliphatic carbocycles. The molecule has 0 spiro atoms. The predicted molar refractivity (Wildman–Crippen MR) is 48.3 cm³/mol. The zero-order chi connectivity index (χ0) is 9.26. The molecule has 2 N–H and O–H groups in total. The molecule has 2 aromatic rings. The number of anilines is 1. The van der Waals surface area contributed by atoms with Crippen molar-refractivity contribution in [3.8, 4) is 5.82 Å². The molecule has 0 unspecified atom stereocenters. The van der Waals surface area contributed by atoms with E-state index in [0.29, 0.717) is 5.69 Å².